The van der Waals surface area contributed by atoms with E-state index in [0.29, 0.717) is 24.3 Å². The van der Waals surface area contributed by atoms with Gasteiger partial charge >= 0.3 is 57.4 Å². The van der Waals surface area contributed by atoms with Crippen LogP contribution < -0.4 is 0 Å². The molecule has 0 saturated heterocycles. The van der Waals surface area contributed by atoms with Crippen LogP contribution in [0.1, 0.15) is 114 Å². The first kappa shape index (κ1) is 28.6. The van der Waals surface area contributed by atoms with E-state index in [-0.39, 0.29) is 48.3 Å². The maximum Gasteiger partial charge on any atom is 2.00 e. The fraction of sp³-hybridized carbons (Fsp3) is 0.667. The molecule has 0 saturated carbocycles. The minimum Gasteiger partial charge on any atom is -1.00 e. The summed E-state index contributed by atoms with van der Waals surface area (Å²) in [5.41, 5.74) is 0.586. The normalized spacial score (nSPS) is 10.3. The molecule has 0 radical (unpaired) electrons. The van der Waals surface area contributed by atoms with E-state index in [1.165, 1.54) is 51.4 Å². The van der Waals surface area contributed by atoms with Crippen LogP contribution in [0.5, 0.6) is 0 Å². The number of benzene rings is 1. The van der Waals surface area contributed by atoms with Crippen LogP contribution in [0.2, 0.25) is 0 Å². The Morgan fingerprint density at radius 1 is 0.655 bits per heavy atom. The number of hydrogen-bond donors (Lipinski definition) is 0. The minimum absolute atomic E-state index is 0. The van der Waals surface area contributed by atoms with Crippen LogP contribution in [0.25, 0.3) is 0 Å². The molecule has 0 bridgehead atoms. The Morgan fingerprint density at radius 2 is 1.00 bits per heavy atom. The summed E-state index contributed by atoms with van der Waals surface area (Å²) < 4.78 is 10.7. The van der Waals surface area contributed by atoms with Crippen molar-refractivity contribution < 1.29 is 21.9 Å². The van der Waals surface area contributed by atoms with Crippen LogP contribution >= 0.6 is 0 Å². The average Bonchev–Trinajstić information content (AvgIpc) is 2.72. The molecule has 0 heterocycles. The van der Waals surface area contributed by atoms with Gasteiger partial charge in [-0.3, -0.25) is 0 Å². The molecule has 0 aromatic heterocycles. The van der Waals surface area contributed by atoms with Gasteiger partial charge < -0.3 is 12.3 Å². The first-order valence-electron chi connectivity index (χ1n) is 11.1. The first-order chi connectivity index (χ1) is 13.7. The fourth-order valence-corrected chi connectivity index (χ4v) is 3.09. The monoisotopic (exact) mass is 480 g/mol. The smallest absolute Gasteiger partial charge is 1.00 e. The second-order valence-electron chi connectivity index (χ2n) is 7.35. The number of ether oxygens (including phenoxy) is 2. The Kier molecular flexibility index (Phi) is 19.4. The van der Waals surface area contributed by atoms with Gasteiger partial charge in [0.2, 0.25) is 0 Å². The Morgan fingerprint density at radius 3 is 1.38 bits per heavy atom. The van der Waals surface area contributed by atoms with E-state index < -0.39 is 11.9 Å². The number of carbonyl (C=O) groups is 2. The van der Waals surface area contributed by atoms with E-state index >= 15 is 0 Å². The summed E-state index contributed by atoms with van der Waals surface area (Å²) in [7, 11) is 0. The zero-order valence-corrected chi connectivity index (χ0v) is 22.0. The number of unbranched alkanes of at least 4 members (excludes halogenated alkanes) is 10. The van der Waals surface area contributed by atoms with Gasteiger partial charge in [0.25, 0.3) is 0 Å². The topological polar surface area (TPSA) is 52.6 Å². The van der Waals surface area contributed by atoms with Gasteiger partial charge in [-0.2, -0.15) is 0 Å². The third kappa shape index (κ3) is 13.5. The number of hydrogen-bond acceptors (Lipinski definition) is 4. The molecule has 0 aliphatic rings. The molecular formula is C24H40O4Sr. The van der Waals surface area contributed by atoms with Crippen molar-refractivity contribution in [3.63, 3.8) is 0 Å². The third-order valence-corrected chi connectivity index (χ3v) is 4.83. The summed E-state index contributed by atoms with van der Waals surface area (Å²) in [6.07, 6.45) is 13.6. The molecule has 1 aromatic carbocycles. The number of esters is 2. The van der Waals surface area contributed by atoms with Crippen LogP contribution in [0.3, 0.4) is 0 Å². The van der Waals surface area contributed by atoms with Gasteiger partial charge in [0, 0.05) is 0 Å². The molecule has 1 aromatic rings. The molecular weight excluding hydrogens is 440 g/mol. The minimum atomic E-state index is -0.444. The van der Waals surface area contributed by atoms with Crippen LogP contribution in [-0.4, -0.2) is 70.6 Å². The summed E-state index contributed by atoms with van der Waals surface area (Å²) >= 11 is 0. The molecule has 0 atom stereocenters. The molecule has 0 aliphatic heterocycles. The molecule has 162 valence electrons. The Labute approximate surface area is 217 Å². The average molecular weight is 480 g/mol. The Balaban J connectivity index is -0.00000261. The van der Waals surface area contributed by atoms with Crippen LogP contribution in [-0.2, 0) is 9.47 Å². The van der Waals surface area contributed by atoms with Gasteiger partial charge in [-0.25, -0.2) is 9.59 Å². The van der Waals surface area contributed by atoms with E-state index in [1.807, 2.05) is 0 Å². The first-order valence-corrected chi connectivity index (χ1v) is 11.1. The summed E-state index contributed by atoms with van der Waals surface area (Å²) in [6.45, 7) is 5.17. The van der Waals surface area contributed by atoms with E-state index in [9.17, 15) is 9.59 Å². The molecule has 0 aliphatic carbocycles. The zero-order chi connectivity index (χ0) is 20.5. The summed E-state index contributed by atoms with van der Waals surface area (Å²) in [4.78, 5) is 24.7. The van der Waals surface area contributed by atoms with Crippen molar-refractivity contribution >= 4 is 57.4 Å². The summed E-state index contributed by atoms with van der Waals surface area (Å²) in [6, 6.07) is 6.74. The van der Waals surface area contributed by atoms with Crippen LogP contribution in [0.15, 0.2) is 24.3 Å². The third-order valence-electron chi connectivity index (χ3n) is 4.83. The molecule has 29 heavy (non-hydrogen) atoms. The molecule has 4 nitrogen and oxygen atoms in total. The van der Waals surface area contributed by atoms with E-state index in [2.05, 4.69) is 13.8 Å². The Bertz CT molecular complexity index is 521. The SMILES string of the molecule is CCCCCCCCOC(=O)c1ccccc1C(=O)OCCCCCCCC.[H-].[H-].[Sr+2]. The quantitative estimate of drug-likeness (QED) is 0.153. The summed E-state index contributed by atoms with van der Waals surface area (Å²) in [5.74, 6) is -0.888. The molecule has 0 spiro atoms. The van der Waals surface area contributed by atoms with Gasteiger partial charge in [-0.1, -0.05) is 90.2 Å². The standard InChI is InChI=1S/C24H38O4.Sr.2H/c1-3-5-7-9-11-15-19-27-23(25)21-17-13-14-18-22(21)24(26)28-20-16-12-10-8-6-4-2;;;/h13-14,17-18H,3-12,15-16,19-20H2,1-2H3;;;/q;+2;2*-1. The van der Waals surface area contributed by atoms with E-state index in [0.717, 1.165) is 25.7 Å². The van der Waals surface area contributed by atoms with Gasteiger partial charge in [-0.05, 0) is 25.0 Å². The van der Waals surface area contributed by atoms with Gasteiger partial charge in [0.1, 0.15) is 0 Å². The van der Waals surface area contributed by atoms with Crippen LogP contribution in [0, 0.1) is 0 Å². The van der Waals surface area contributed by atoms with Crippen molar-refractivity contribution in [2.24, 2.45) is 0 Å². The van der Waals surface area contributed by atoms with Crippen molar-refractivity contribution in [3.05, 3.63) is 35.4 Å². The van der Waals surface area contributed by atoms with Crippen molar-refractivity contribution in [2.45, 2.75) is 90.9 Å². The molecule has 0 fully saturated rings. The molecule has 0 N–H and O–H groups in total. The van der Waals surface area contributed by atoms with Crippen molar-refractivity contribution in [2.75, 3.05) is 13.2 Å². The predicted molar refractivity (Wildman–Crippen MR) is 122 cm³/mol. The molecule has 0 unspecified atom stereocenters. The molecule has 5 heteroatoms. The van der Waals surface area contributed by atoms with Gasteiger partial charge in [-0.15, -0.1) is 0 Å². The second kappa shape index (κ2) is 19.6. The van der Waals surface area contributed by atoms with Gasteiger partial charge in [0.15, 0.2) is 0 Å². The Hall–Kier alpha value is -0.359. The number of rotatable bonds is 16. The molecule has 1 rings (SSSR count). The number of carbonyl (C=O) groups excluding carboxylic acids is 2. The summed E-state index contributed by atoms with van der Waals surface area (Å²) in [5, 5.41) is 0. The van der Waals surface area contributed by atoms with Crippen molar-refractivity contribution in [1.82, 2.24) is 0 Å². The van der Waals surface area contributed by atoms with Crippen molar-refractivity contribution in [3.8, 4) is 0 Å². The largest absolute Gasteiger partial charge is 2.00 e. The maximum absolute atomic E-state index is 12.4. The van der Waals surface area contributed by atoms with E-state index in [4.69, 9.17) is 9.47 Å². The van der Waals surface area contributed by atoms with E-state index in [1.54, 1.807) is 24.3 Å². The second-order valence-corrected chi connectivity index (χ2v) is 7.35. The van der Waals surface area contributed by atoms with Crippen molar-refractivity contribution in [1.29, 1.82) is 0 Å². The van der Waals surface area contributed by atoms with Crippen LogP contribution in [0.4, 0.5) is 0 Å². The van der Waals surface area contributed by atoms with Gasteiger partial charge in [0.05, 0.1) is 24.3 Å². The predicted octanol–water partition coefficient (Wildman–Crippen LogP) is 6.57. The maximum atomic E-state index is 12.4. The molecule has 0 amide bonds. The fourth-order valence-electron chi connectivity index (χ4n) is 3.09. The zero-order valence-electron chi connectivity index (χ0n) is 20.5.